The highest BCUT2D eigenvalue weighted by Crippen LogP contribution is 2.20. The number of rotatable bonds is 1. The van der Waals surface area contributed by atoms with Gasteiger partial charge in [-0.2, -0.15) is 0 Å². The molecule has 1 aromatic carbocycles. The van der Waals surface area contributed by atoms with E-state index in [0.717, 1.165) is 5.82 Å². The molecule has 3 rings (SSSR count). The average molecular weight is 208 g/mol. The molecule has 0 aliphatic heterocycles. The molecule has 0 atom stereocenters. The zero-order valence-corrected chi connectivity index (χ0v) is 9.09. The first kappa shape index (κ1) is 9.16. The molecule has 0 aliphatic carbocycles. The monoisotopic (exact) mass is 208 g/mol. The first-order valence-electron chi connectivity index (χ1n) is 5.33. The van der Waals surface area contributed by atoms with Gasteiger partial charge in [-0.25, -0.2) is 4.98 Å². The van der Waals surface area contributed by atoms with E-state index in [2.05, 4.69) is 40.9 Å². The summed E-state index contributed by atoms with van der Waals surface area (Å²) in [5.74, 6) is 0.992. The second kappa shape index (κ2) is 3.49. The normalized spacial score (nSPS) is 10.8. The molecule has 0 radical (unpaired) electrons. The van der Waals surface area contributed by atoms with Crippen molar-refractivity contribution in [2.75, 3.05) is 0 Å². The molecule has 0 fully saturated rings. The maximum absolute atomic E-state index is 4.45. The Kier molecular flexibility index (Phi) is 2.00. The van der Waals surface area contributed by atoms with Crippen LogP contribution in [0.25, 0.3) is 16.6 Å². The Balaban J connectivity index is 2.31. The summed E-state index contributed by atoms with van der Waals surface area (Å²) >= 11 is 0. The van der Waals surface area contributed by atoms with Gasteiger partial charge in [-0.1, -0.05) is 24.3 Å². The zero-order chi connectivity index (χ0) is 11.0. The van der Waals surface area contributed by atoms with E-state index in [-0.39, 0.29) is 0 Å². The van der Waals surface area contributed by atoms with Gasteiger partial charge in [0.15, 0.2) is 0 Å². The molecule has 78 valence electrons. The lowest BCUT2D eigenvalue weighted by atomic mass is 10.1. The van der Waals surface area contributed by atoms with E-state index in [1.165, 1.54) is 16.3 Å². The van der Waals surface area contributed by atoms with Gasteiger partial charge in [-0.3, -0.25) is 0 Å². The highest BCUT2D eigenvalue weighted by molar-refractivity contribution is 5.88. The van der Waals surface area contributed by atoms with Crippen LogP contribution in [-0.4, -0.2) is 9.55 Å². The van der Waals surface area contributed by atoms with Crippen LogP contribution < -0.4 is 0 Å². The summed E-state index contributed by atoms with van der Waals surface area (Å²) in [5.41, 5.74) is 1.25. The van der Waals surface area contributed by atoms with Crippen molar-refractivity contribution in [2.45, 2.75) is 6.92 Å². The smallest absolute Gasteiger partial charge is 0.144 e. The Morgan fingerprint density at radius 3 is 2.75 bits per heavy atom. The van der Waals surface area contributed by atoms with Crippen molar-refractivity contribution in [2.24, 2.45) is 0 Å². The predicted octanol–water partition coefficient (Wildman–Crippen LogP) is 3.33. The third-order valence-electron chi connectivity index (χ3n) is 2.74. The summed E-state index contributed by atoms with van der Waals surface area (Å²) in [5, 5.41) is 2.40. The zero-order valence-electron chi connectivity index (χ0n) is 9.09. The van der Waals surface area contributed by atoms with Crippen molar-refractivity contribution in [3.63, 3.8) is 0 Å². The van der Waals surface area contributed by atoms with E-state index < -0.39 is 0 Å². The minimum Gasteiger partial charge on any atom is -0.308 e. The Morgan fingerprint density at radius 2 is 1.94 bits per heavy atom. The van der Waals surface area contributed by atoms with E-state index >= 15 is 0 Å². The Bertz CT molecular complexity index is 633. The standard InChI is InChI=1S/C14H12N2/c1-11-7-9-16(10-11)14-13-5-3-2-4-12(13)6-8-15-14/h2-10H,1H3. The molecule has 0 saturated heterocycles. The topological polar surface area (TPSA) is 17.8 Å². The predicted molar refractivity (Wildman–Crippen MR) is 65.8 cm³/mol. The quantitative estimate of drug-likeness (QED) is 0.599. The lowest BCUT2D eigenvalue weighted by molar-refractivity contribution is 1.02. The van der Waals surface area contributed by atoms with Gasteiger partial charge in [-0.05, 0) is 30.0 Å². The second-order valence-corrected chi connectivity index (χ2v) is 3.95. The summed E-state index contributed by atoms with van der Waals surface area (Å²) < 4.78 is 2.07. The van der Waals surface area contributed by atoms with Crippen molar-refractivity contribution < 1.29 is 0 Å². The summed E-state index contributed by atoms with van der Waals surface area (Å²) in [7, 11) is 0. The van der Waals surface area contributed by atoms with E-state index in [1.54, 1.807) is 0 Å². The maximum Gasteiger partial charge on any atom is 0.144 e. The summed E-state index contributed by atoms with van der Waals surface area (Å²) in [4.78, 5) is 4.45. The SMILES string of the molecule is Cc1ccn(-c2nccc3ccccc23)c1. The van der Waals surface area contributed by atoms with E-state index in [0.29, 0.717) is 0 Å². The third kappa shape index (κ3) is 1.39. The molecular formula is C14H12N2. The average Bonchev–Trinajstić information content (AvgIpc) is 2.75. The Morgan fingerprint density at radius 1 is 1.06 bits per heavy atom. The molecule has 0 aliphatic rings. The van der Waals surface area contributed by atoms with Crippen LogP contribution in [0.3, 0.4) is 0 Å². The fourth-order valence-corrected chi connectivity index (χ4v) is 1.94. The number of benzene rings is 1. The van der Waals surface area contributed by atoms with Gasteiger partial charge in [0.1, 0.15) is 5.82 Å². The molecule has 3 aromatic rings. The van der Waals surface area contributed by atoms with Crippen molar-refractivity contribution in [1.29, 1.82) is 0 Å². The van der Waals surface area contributed by atoms with Crippen molar-refractivity contribution in [1.82, 2.24) is 9.55 Å². The molecule has 2 nitrogen and oxygen atoms in total. The molecule has 2 aromatic heterocycles. The highest BCUT2D eigenvalue weighted by Gasteiger charge is 2.03. The van der Waals surface area contributed by atoms with Gasteiger partial charge in [0.25, 0.3) is 0 Å². The molecule has 16 heavy (non-hydrogen) atoms. The fraction of sp³-hybridized carbons (Fsp3) is 0.0714. The minimum absolute atomic E-state index is 0.992. The first-order chi connectivity index (χ1) is 7.84. The number of nitrogens with zero attached hydrogens (tertiary/aromatic N) is 2. The molecule has 0 amide bonds. The highest BCUT2D eigenvalue weighted by atomic mass is 15.0. The van der Waals surface area contributed by atoms with Crippen molar-refractivity contribution in [3.8, 4) is 5.82 Å². The van der Waals surface area contributed by atoms with Crippen LogP contribution in [0.1, 0.15) is 5.56 Å². The Labute approximate surface area is 94.2 Å². The van der Waals surface area contributed by atoms with Gasteiger partial charge in [0.05, 0.1) is 0 Å². The number of aryl methyl sites for hydroxylation is 1. The van der Waals surface area contributed by atoms with Crippen LogP contribution in [0.15, 0.2) is 55.0 Å². The minimum atomic E-state index is 0.992. The van der Waals surface area contributed by atoms with E-state index in [4.69, 9.17) is 0 Å². The van der Waals surface area contributed by atoms with Crippen LogP contribution in [0.2, 0.25) is 0 Å². The van der Waals surface area contributed by atoms with Crippen LogP contribution in [-0.2, 0) is 0 Å². The van der Waals surface area contributed by atoms with Gasteiger partial charge in [0, 0.05) is 24.0 Å². The number of pyridine rings is 1. The van der Waals surface area contributed by atoms with Crippen LogP contribution in [0.5, 0.6) is 0 Å². The van der Waals surface area contributed by atoms with E-state index in [9.17, 15) is 0 Å². The molecule has 0 saturated carbocycles. The summed E-state index contributed by atoms with van der Waals surface area (Å²) in [6, 6.07) is 12.4. The third-order valence-corrected chi connectivity index (χ3v) is 2.74. The van der Waals surface area contributed by atoms with Crippen molar-refractivity contribution in [3.05, 3.63) is 60.6 Å². The molecule has 0 N–H and O–H groups in total. The number of aromatic nitrogens is 2. The fourth-order valence-electron chi connectivity index (χ4n) is 1.94. The lowest BCUT2D eigenvalue weighted by Gasteiger charge is -2.05. The largest absolute Gasteiger partial charge is 0.308 e. The molecule has 2 heteroatoms. The number of hydrogen-bond acceptors (Lipinski definition) is 1. The lowest BCUT2D eigenvalue weighted by Crippen LogP contribution is -1.94. The first-order valence-corrected chi connectivity index (χ1v) is 5.33. The Hall–Kier alpha value is -2.09. The van der Waals surface area contributed by atoms with Crippen molar-refractivity contribution >= 4 is 10.8 Å². The number of fused-ring (bicyclic) bond motifs is 1. The molecule has 0 bridgehead atoms. The van der Waals surface area contributed by atoms with Gasteiger partial charge in [-0.15, -0.1) is 0 Å². The summed E-state index contributed by atoms with van der Waals surface area (Å²) in [6.07, 6.45) is 5.99. The van der Waals surface area contributed by atoms with E-state index in [1.807, 2.05) is 30.6 Å². The van der Waals surface area contributed by atoms with Crippen LogP contribution >= 0.6 is 0 Å². The van der Waals surface area contributed by atoms with Gasteiger partial charge >= 0.3 is 0 Å². The number of hydrogen-bond donors (Lipinski definition) is 0. The maximum atomic E-state index is 4.45. The van der Waals surface area contributed by atoms with Gasteiger partial charge < -0.3 is 4.57 Å². The van der Waals surface area contributed by atoms with Crippen LogP contribution in [0, 0.1) is 6.92 Å². The molecule has 2 heterocycles. The van der Waals surface area contributed by atoms with Gasteiger partial charge in [0.2, 0.25) is 0 Å². The molecule has 0 unspecified atom stereocenters. The molecular weight excluding hydrogens is 196 g/mol. The van der Waals surface area contributed by atoms with Crippen LogP contribution in [0.4, 0.5) is 0 Å². The summed E-state index contributed by atoms with van der Waals surface area (Å²) in [6.45, 7) is 2.08. The second-order valence-electron chi connectivity index (χ2n) is 3.95. The molecule has 0 spiro atoms.